The largest absolute Gasteiger partial charge is 0.486 e. The molecule has 0 bridgehead atoms. The van der Waals surface area contributed by atoms with Crippen LogP contribution in [0.15, 0.2) is 30.6 Å². The summed E-state index contributed by atoms with van der Waals surface area (Å²) >= 11 is 0. The highest BCUT2D eigenvalue weighted by Gasteiger charge is 2.14. The van der Waals surface area contributed by atoms with Crippen LogP contribution in [0.3, 0.4) is 0 Å². The van der Waals surface area contributed by atoms with Crippen LogP contribution in [-0.2, 0) is 6.54 Å². The normalized spacial score (nSPS) is 13.4. The Kier molecular flexibility index (Phi) is 2.57. The maximum atomic E-state index is 5.64. The van der Waals surface area contributed by atoms with E-state index in [1.54, 1.807) is 6.20 Å². The van der Waals surface area contributed by atoms with Gasteiger partial charge in [0.05, 0.1) is 11.9 Å². The highest BCUT2D eigenvalue weighted by Crippen LogP contribution is 2.33. The summed E-state index contributed by atoms with van der Waals surface area (Å²) in [5.74, 6) is 1.66. The molecule has 2 N–H and O–H groups in total. The third-order valence-corrected chi connectivity index (χ3v) is 2.63. The molecule has 0 unspecified atom stereocenters. The van der Waals surface area contributed by atoms with Crippen LogP contribution in [0.4, 0.5) is 5.69 Å². The van der Waals surface area contributed by atoms with Crippen molar-refractivity contribution in [2.24, 2.45) is 0 Å². The van der Waals surface area contributed by atoms with Gasteiger partial charge in [-0.2, -0.15) is 5.10 Å². The Balaban J connectivity index is 1.78. The molecule has 0 fully saturated rings. The number of rotatable bonds is 3. The number of aromatic nitrogens is 2. The van der Waals surface area contributed by atoms with Crippen LogP contribution in [0.2, 0.25) is 0 Å². The average molecular weight is 231 g/mol. The minimum Gasteiger partial charge on any atom is -0.486 e. The first kappa shape index (κ1) is 10.0. The van der Waals surface area contributed by atoms with Gasteiger partial charge in [-0.1, -0.05) is 12.1 Å². The van der Waals surface area contributed by atoms with Gasteiger partial charge in [-0.05, 0) is 6.07 Å². The summed E-state index contributed by atoms with van der Waals surface area (Å²) in [5.41, 5.74) is 2.04. The number of nitrogens with zero attached hydrogens (tertiary/aromatic N) is 1. The van der Waals surface area contributed by atoms with Gasteiger partial charge in [0.25, 0.3) is 0 Å². The highest BCUT2D eigenvalue weighted by molar-refractivity contribution is 5.49. The summed E-state index contributed by atoms with van der Waals surface area (Å²) in [5, 5.41) is 9.90. The first-order chi connectivity index (χ1) is 8.43. The minimum atomic E-state index is 0.607. The van der Waals surface area contributed by atoms with E-state index in [0.717, 1.165) is 22.7 Å². The fraction of sp³-hybridized carbons (Fsp3) is 0.250. The molecule has 5 nitrogen and oxygen atoms in total. The van der Waals surface area contributed by atoms with Gasteiger partial charge in [0.15, 0.2) is 11.5 Å². The predicted molar refractivity (Wildman–Crippen MR) is 63.3 cm³/mol. The Morgan fingerprint density at radius 1 is 1.29 bits per heavy atom. The van der Waals surface area contributed by atoms with Gasteiger partial charge in [-0.15, -0.1) is 0 Å². The van der Waals surface area contributed by atoms with Crippen molar-refractivity contribution in [2.75, 3.05) is 18.5 Å². The smallest absolute Gasteiger partial charge is 0.166 e. The summed E-state index contributed by atoms with van der Waals surface area (Å²) in [6, 6.07) is 5.93. The summed E-state index contributed by atoms with van der Waals surface area (Å²) in [6.45, 7) is 1.91. The van der Waals surface area contributed by atoms with E-state index in [1.807, 2.05) is 24.4 Å². The lowest BCUT2D eigenvalue weighted by Gasteiger charge is -2.21. The van der Waals surface area contributed by atoms with Crippen LogP contribution < -0.4 is 14.8 Å². The number of hydrogen-bond donors (Lipinski definition) is 2. The van der Waals surface area contributed by atoms with E-state index < -0.39 is 0 Å². The van der Waals surface area contributed by atoms with E-state index in [-0.39, 0.29) is 0 Å². The molecule has 5 heteroatoms. The molecule has 2 heterocycles. The number of aromatic amines is 1. The van der Waals surface area contributed by atoms with Crippen LogP contribution in [0.25, 0.3) is 0 Å². The minimum absolute atomic E-state index is 0.607. The first-order valence-corrected chi connectivity index (χ1v) is 5.53. The molecule has 3 rings (SSSR count). The molecule has 17 heavy (non-hydrogen) atoms. The predicted octanol–water partition coefficient (Wildman–Crippen LogP) is 1.79. The third kappa shape index (κ3) is 2.04. The average Bonchev–Trinajstić information content (AvgIpc) is 2.89. The lowest BCUT2D eigenvalue weighted by Crippen LogP contribution is -2.17. The molecule has 0 aliphatic carbocycles. The highest BCUT2D eigenvalue weighted by atomic mass is 16.6. The molecular formula is C12H13N3O2. The number of hydrogen-bond acceptors (Lipinski definition) is 4. The van der Waals surface area contributed by atoms with E-state index >= 15 is 0 Å². The third-order valence-electron chi connectivity index (χ3n) is 2.63. The van der Waals surface area contributed by atoms with Crippen molar-refractivity contribution in [1.29, 1.82) is 0 Å². The molecule has 0 spiro atoms. The standard InChI is InChI=1S/C12H13N3O2/c1-2-9(6-13-10-7-14-15-8-10)12-11(3-1)16-4-5-17-12/h1-3,7-8,13H,4-6H2,(H,14,15). The Hall–Kier alpha value is -2.17. The van der Waals surface area contributed by atoms with Crippen molar-refractivity contribution in [3.05, 3.63) is 36.2 Å². The molecule has 0 saturated heterocycles. The van der Waals surface area contributed by atoms with Crippen LogP contribution in [0.1, 0.15) is 5.56 Å². The lowest BCUT2D eigenvalue weighted by atomic mass is 10.1. The van der Waals surface area contributed by atoms with E-state index in [4.69, 9.17) is 9.47 Å². The Morgan fingerprint density at radius 3 is 3.12 bits per heavy atom. The van der Waals surface area contributed by atoms with Gasteiger partial charge >= 0.3 is 0 Å². The van der Waals surface area contributed by atoms with Gasteiger partial charge in [-0.3, -0.25) is 5.10 Å². The molecule has 0 saturated carbocycles. The molecule has 0 amide bonds. The lowest BCUT2D eigenvalue weighted by molar-refractivity contribution is 0.170. The molecule has 2 aromatic rings. The van der Waals surface area contributed by atoms with E-state index in [1.165, 1.54) is 0 Å². The quantitative estimate of drug-likeness (QED) is 0.845. The van der Waals surface area contributed by atoms with E-state index in [9.17, 15) is 0 Å². The van der Waals surface area contributed by atoms with Gasteiger partial charge in [-0.25, -0.2) is 0 Å². The van der Waals surface area contributed by atoms with Crippen molar-refractivity contribution >= 4 is 5.69 Å². The van der Waals surface area contributed by atoms with Crippen LogP contribution in [-0.4, -0.2) is 23.4 Å². The summed E-state index contributed by atoms with van der Waals surface area (Å²) in [6.07, 6.45) is 3.56. The maximum absolute atomic E-state index is 5.64. The number of benzene rings is 1. The van der Waals surface area contributed by atoms with Crippen molar-refractivity contribution in [3.63, 3.8) is 0 Å². The molecule has 0 atom stereocenters. The number of anilines is 1. The monoisotopic (exact) mass is 231 g/mol. The van der Waals surface area contributed by atoms with Crippen LogP contribution in [0, 0.1) is 0 Å². The molecule has 1 aromatic carbocycles. The number of H-pyrrole nitrogens is 1. The van der Waals surface area contributed by atoms with Crippen LogP contribution >= 0.6 is 0 Å². The number of fused-ring (bicyclic) bond motifs is 1. The second-order valence-corrected chi connectivity index (χ2v) is 3.78. The van der Waals surface area contributed by atoms with Crippen molar-refractivity contribution in [3.8, 4) is 11.5 Å². The molecular weight excluding hydrogens is 218 g/mol. The summed E-state index contributed by atoms with van der Waals surface area (Å²) in [4.78, 5) is 0. The maximum Gasteiger partial charge on any atom is 0.166 e. The Morgan fingerprint density at radius 2 is 2.24 bits per heavy atom. The van der Waals surface area contributed by atoms with Gasteiger partial charge in [0.2, 0.25) is 0 Å². The second kappa shape index (κ2) is 4.37. The van der Waals surface area contributed by atoms with Gasteiger partial charge in [0.1, 0.15) is 13.2 Å². The fourth-order valence-electron chi connectivity index (χ4n) is 1.82. The molecule has 0 radical (unpaired) electrons. The van der Waals surface area contributed by atoms with E-state index in [0.29, 0.717) is 19.8 Å². The molecule has 1 aliphatic heterocycles. The zero-order chi connectivity index (χ0) is 11.5. The summed E-state index contributed by atoms with van der Waals surface area (Å²) in [7, 11) is 0. The molecule has 88 valence electrons. The first-order valence-electron chi connectivity index (χ1n) is 5.53. The van der Waals surface area contributed by atoms with Crippen molar-refractivity contribution in [2.45, 2.75) is 6.54 Å². The van der Waals surface area contributed by atoms with Crippen molar-refractivity contribution < 1.29 is 9.47 Å². The zero-order valence-corrected chi connectivity index (χ0v) is 9.27. The summed E-state index contributed by atoms with van der Waals surface area (Å²) < 4.78 is 11.2. The second-order valence-electron chi connectivity index (χ2n) is 3.78. The topological polar surface area (TPSA) is 59.2 Å². The van der Waals surface area contributed by atoms with Crippen molar-refractivity contribution in [1.82, 2.24) is 10.2 Å². The zero-order valence-electron chi connectivity index (χ0n) is 9.27. The molecule has 1 aromatic heterocycles. The Labute approximate surface area is 98.8 Å². The van der Waals surface area contributed by atoms with Gasteiger partial charge in [0, 0.05) is 18.3 Å². The van der Waals surface area contributed by atoms with Gasteiger partial charge < -0.3 is 14.8 Å². The van der Waals surface area contributed by atoms with Crippen LogP contribution in [0.5, 0.6) is 11.5 Å². The molecule has 1 aliphatic rings. The Bertz CT molecular complexity index is 496. The number of nitrogens with one attached hydrogen (secondary N) is 2. The number of ether oxygens (including phenoxy) is 2. The van der Waals surface area contributed by atoms with E-state index in [2.05, 4.69) is 15.5 Å². The number of para-hydroxylation sites is 1. The fourth-order valence-corrected chi connectivity index (χ4v) is 1.82. The SMILES string of the molecule is c1cc(CNc2cn[nH]c2)c2c(c1)OCCO2.